The number of carbonyl (C=O) groups excluding carboxylic acids is 1. The van der Waals surface area contributed by atoms with Crippen LogP contribution in [0.5, 0.6) is 0 Å². The fraction of sp³-hybridized carbons (Fsp3) is 0.588. The van der Waals surface area contributed by atoms with Gasteiger partial charge in [-0.15, -0.1) is 0 Å². The van der Waals surface area contributed by atoms with Crippen molar-refractivity contribution in [3.8, 4) is 0 Å². The van der Waals surface area contributed by atoms with E-state index in [1.807, 2.05) is 39.0 Å². The van der Waals surface area contributed by atoms with Crippen molar-refractivity contribution in [1.82, 2.24) is 5.32 Å². The van der Waals surface area contributed by atoms with E-state index in [1.165, 1.54) is 0 Å². The summed E-state index contributed by atoms with van der Waals surface area (Å²) in [5, 5.41) is 7.19. The van der Waals surface area contributed by atoms with Crippen molar-refractivity contribution < 1.29 is 9.53 Å². The van der Waals surface area contributed by atoms with E-state index in [4.69, 9.17) is 16.3 Å². The molecule has 1 fully saturated rings. The van der Waals surface area contributed by atoms with Gasteiger partial charge in [-0.05, 0) is 74.5 Å². The van der Waals surface area contributed by atoms with Crippen molar-refractivity contribution in [1.29, 1.82) is 0 Å². The number of nitrogens with one attached hydrogen (secondary N) is 2. The van der Waals surface area contributed by atoms with E-state index in [9.17, 15) is 4.79 Å². The number of ether oxygens (including phenoxy) is 1. The second kappa shape index (κ2) is 7.75. The molecule has 0 heterocycles. The standard InChI is InChI=1S/C17H24BrClN2O2/c1-17(2,3)23-16(22)21-12-9-7-11(8-10-12)20-14-6-4-5-13(19)15(14)18/h4-6,11-12,20H,7-10H2,1-3H3,(H,21,22). The topological polar surface area (TPSA) is 50.4 Å². The lowest BCUT2D eigenvalue weighted by Gasteiger charge is -2.31. The predicted molar refractivity (Wildman–Crippen MR) is 98.2 cm³/mol. The summed E-state index contributed by atoms with van der Waals surface area (Å²) in [4.78, 5) is 11.8. The average molecular weight is 404 g/mol. The summed E-state index contributed by atoms with van der Waals surface area (Å²) >= 11 is 9.63. The van der Waals surface area contributed by atoms with E-state index in [1.54, 1.807) is 0 Å². The van der Waals surface area contributed by atoms with Crippen molar-refractivity contribution in [2.24, 2.45) is 0 Å². The fourth-order valence-corrected chi connectivity index (χ4v) is 3.24. The third kappa shape index (κ3) is 5.88. The van der Waals surface area contributed by atoms with Gasteiger partial charge in [-0.3, -0.25) is 0 Å². The van der Waals surface area contributed by atoms with Gasteiger partial charge in [0.2, 0.25) is 0 Å². The lowest BCUT2D eigenvalue weighted by molar-refractivity contribution is 0.0492. The number of anilines is 1. The Morgan fingerprint density at radius 1 is 1.22 bits per heavy atom. The highest BCUT2D eigenvalue weighted by atomic mass is 79.9. The van der Waals surface area contributed by atoms with Crippen LogP contribution in [0.4, 0.5) is 10.5 Å². The largest absolute Gasteiger partial charge is 0.444 e. The fourth-order valence-electron chi connectivity index (χ4n) is 2.69. The smallest absolute Gasteiger partial charge is 0.407 e. The van der Waals surface area contributed by atoms with E-state index in [0.29, 0.717) is 11.1 Å². The molecule has 0 bridgehead atoms. The number of halogens is 2. The van der Waals surface area contributed by atoms with Crippen LogP contribution >= 0.6 is 27.5 Å². The van der Waals surface area contributed by atoms with E-state index in [-0.39, 0.29) is 12.1 Å². The Labute approximate surface area is 151 Å². The zero-order valence-corrected chi connectivity index (χ0v) is 16.1. The Morgan fingerprint density at radius 3 is 2.43 bits per heavy atom. The van der Waals surface area contributed by atoms with Crippen LogP contribution in [0.1, 0.15) is 46.5 Å². The molecule has 1 aliphatic rings. The van der Waals surface area contributed by atoms with Crippen LogP contribution in [0, 0.1) is 0 Å². The molecule has 0 aliphatic heterocycles. The second-order valence-electron chi connectivity index (χ2n) is 6.94. The summed E-state index contributed by atoms with van der Waals surface area (Å²) in [6, 6.07) is 6.39. The number of rotatable bonds is 3. The molecule has 0 radical (unpaired) electrons. The number of alkyl carbamates (subject to hydrolysis) is 1. The van der Waals surface area contributed by atoms with Crippen molar-refractivity contribution in [2.75, 3.05) is 5.32 Å². The second-order valence-corrected chi connectivity index (χ2v) is 8.14. The minimum Gasteiger partial charge on any atom is -0.444 e. The Morgan fingerprint density at radius 2 is 1.83 bits per heavy atom. The van der Waals surface area contributed by atoms with Crippen LogP contribution < -0.4 is 10.6 Å². The molecular weight excluding hydrogens is 380 g/mol. The molecule has 0 saturated heterocycles. The summed E-state index contributed by atoms with van der Waals surface area (Å²) in [5.41, 5.74) is 0.558. The van der Waals surface area contributed by atoms with Crippen molar-refractivity contribution in [2.45, 2.75) is 64.1 Å². The van der Waals surface area contributed by atoms with Gasteiger partial charge in [0.25, 0.3) is 0 Å². The predicted octanol–water partition coefficient (Wildman–Crippen LogP) is 5.35. The lowest BCUT2D eigenvalue weighted by atomic mass is 9.91. The molecule has 128 valence electrons. The van der Waals surface area contributed by atoms with Gasteiger partial charge < -0.3 is 15.4 Å². The molecule has 2 N–H and O–H groups in total. The minimum absolute atomic E-state index is 0.186. The van der Waals surface area contributed by atoms with Crippen LogP contribution in [0.3, 0.4) is 0 Å². The first-order chi connectivity index (χ1) is 10.7. The summed E-state index contributed by atoms with van der Waals surface area (Å²) in [6.07, 6.45) is 3.55. The van der Waals surface area contributed by atoms with Gasteiger partial charge in [0.1, 0.15) is 5.60 Å². The van der Waals surface area contributed by atoms with Crippen molar-refractivity contribution in [3.05, 3.63) is 27.7 Å². The van der Waals surface area contributed by atoms with Gasteiger partial charge in [0.15, 0.2) is 0 Å². The van der Waals surface area contributed by atoms with E-state index < -0.39 is 5.60 Å². The number of benzene rings is 1. The molecule has 1 amide bonds. The highest BCUT2D eigenvalue weighted by molar-refractivity contribution is 9.10. The number of hydrogen-bond acceptors (Lipinski definition) is 3. The first-order valence-corrected chi connectivity index (χ1v) is 9.12. The molecular formula is C17H24BrClN2O2. The SMILES string of the molecule is CC(C)(C)OC(=O)NC1CCC(Nc2cccc(Cl)c2Br)CC1. The minimum atomic E-state index is -0.457. The molecule has 23 heavy (non-hydrogen) atoms. The van der Waals surface area contributed by atoms with Crippen molar-refractivity contribution >= 4 is 39.3 Å². The molecule has 0 atom stereocenters. The van der Waals surface area contributed by atoms with E-state index in [2.05, 4.69) is 26.6 Å². The number of carbonyl (C=O) groups is 1. The van der Waals surface area contributed by atoms with Gasteiger partial charge in [-0.1, -0.05) is 17.7 Å². The summed E-state index contributed by atoms with van der Waals surface area (Å²) in [5.74, 6) is 0. The van der Waals surface area contributed by atoms with Gasteiger partial charge >= 0.3 is 6.09 Å². The molecule has 0 unspecified atom stereocenters. The van der Waals surface area contributed by atoms with E-state index >= 15 is 0 Å². The molecule has 1 aliphatic carbocycles. The maximum absolute atomic E-state index is 11.8. The number of amides is 1. The first-order valence-electron chi connectivity index (χ1n) is 7.94. The van der Waals surface area contributed by atoms with Crippen LogP contribution in [0.15, 0.2) is 22.7 Å². The van der Waals surface area contributed by atoms with Crippen LogP contribution in [-0.4, -0.2) is 23.8 Å². The quantitative estimate of drug-likeness (QED) is 0.715. The number of hydrogen-bond donors (Lipinski definition) is 2. The molecule has 1 aromatic rings. The van der Waals surface area contributed by atoms with Gasteiger partial charge in [-0.2, -0.15) is 0 Å². The Hall–Kier alpha value is -0.940. The maximum atomic E-state index is 11.8. The highest BCUT2D eigenvalue weighted by Crippen LogP contribution is 2.32. The van der Waals surface area contributed by atoms with Gasteiger partial charge in [-0.25, -0.2) is 4.79 Å². The third-order valence-corrected chi connectivity index (χ3v) is 5.16. The zero-order valence-electron chi connectivity index (χ0n) is 13.8. The van der Waals surface area contributed by atoms with Crippen molar-refractivity contribution in [3.63, 3.8) is 0 Å². The first kappa shape index (κ1) is 18.4. The van der Waals surface area contributed by atoms with Crippen LogP contribution in [0.2, 0.25) is 5.02 Å². The molecule has 2 rings (SSSR count). The maximum Gasteiger partial charge on any atom is 0.407 e. The van der Waals surface area contributed by atoms with Gasteiger partial charge in [0.05, 0.1) is 15.2 Å². The van der Waals surface area contributed by atoms with Crippen LogP contribution in [0.25, 0.3) is 0 Å². The Kier molecular flexibility index (Phi) is 6.20. The third-order valence-electron chi connectivity index (χ3n) is 3.76. The summed E-state index contributed by atoms with van der Waals surface area (Å²) in [6.45, 7) is 5.61. The molecule has 4 nitrogen and oxygen atoms in total. The monoisotopic (exact) mass is 402 g/mol. The van der Waals surface area contributed by atoms with Gasteiger partial charge in [0, 0.05) is 12.1 Å². The lowest BCUT2D eigenvalue weighted by Crippen LogP contribution is -2.42. The molecule has 0 aromatic heterocycles. The summed E-state index contributed by atoms with van der Waals surface area (Å²) < 4.78 is 6.20. The Bertz CT molecular complexity index is 552. The van der Waals surface area contributed by atoms with E-state index in [0.717, 1.165) is 35.8 Å². The Balaban J connectivity index is 1.80. The molecule has 6 heteroatoms. The molecule has 1 aromatic carbocycles. The highest BCUT2D eigenvalue weighted by Gasteiger charge is 2.25. The average Bonchev–Trinajstić information content (AvgIpc) is 2.44. The molecule has 0 spiro atoms. The molecule has 1 saturated carbocycles. The van der Waals surface area contributed by atoms with Crippen LogP contribution in [-0.2, 0) is 4.74 Å². The normalized spacial score (nSPS) is 21.6. The zero-order chi connectivity index (χ0) is 17.0. The summed E-state index contributed by atoms with van der Waals surface area (Å²) in [7, 11) is 0.